The van der Waals surface area contributed by atoms with Crippen molar-refractivity contribution in [3.8, 4) is 0 Å². The van der Waals surface area contributed by atoms with Gasteiger partial charge in [0.05, 0.1) is 0 Å². The maximum absolute atomic E-state index is 12.1. The predicted octanol–water partition coefficient (Wildman–Crippen LogP) is 2.25. The highest BCUT2D eigenvalue weighted by atomic mass is 16.5. The monoisotopic (exact) mass is 248 g/mol. The zero-order valence-corrected chi connectivity index (χ0v) is 11.1. The van der Waals surface area contributed by atoms with E-state index >= 15 is 0 Å². The number of hydrogen-bond acceptors (Lipinski definition) is 3. The van der Waals surface area contributed by atoms with E-state index in [4.69, 9.17) is 10.5 Å². The number of hydrogen-bond donors (Lipinski definition) is 2. The van der Waals surface area contributed by atoms with Crippen LogP contribution in [-0.4, -0.2) is 18.6 Å². The number of carbonyl (C=O) groups excluding carboxylic acids is 1. The van der Waals surface area contributed by atoms with Crippen molar-refractivity contribution in [1.82, 2.24) is 0 Å². The SMILES string of the molecule is Cc1cc(NC(=O)C2OCCC2C)c(C)cc1N. The summed E-state index contributed by atoms with van der Waals surface area (Å²) in [6, 6.07) is 3.78. The lowest BCUT2D eigenvalue weighted by Crippen LogP contribution is -2.31. The molecule has 0 radical (unpaired) electrons. The number of ether oxygens (including phenoxy) is 1. The van der Waals surface area contributed by atoms with Gasteiger partial charge >= 0.3 is 0 Å². The molecule has 1 fully saturated rings. The minimum absolute atomic E-state index is 0.0627. The van der Waals surface area contributed by atoms with Crippen LogP contribution in [0.25, 0.3) is 0 Å². The molecule has 1 aromatic rings. The third-order valence-electron chi connectivity index (χ3n) is 3.52. The number of amides is 1. The van der Waals surface area contributed by atoms with Gasteiger partial charge in [-0.15, -0.1) is 0 Å². The van der Waals surface area contributed by atoms with E-state index in [0.29, 0.717) is 6.61 Å². The molecule has 0 saturated carbocycles. The number of nitrogens with two attached hydrogens (primary N) is 1. The van der Waals surface area contributed by atoms with Gasteiger partial charge in [0.2, 0.25) is 0 Å². The fraction of sp³-hybridized carbons (Fsp3) is 0.500. The van der Waals surface area contributed by atoms with Crippen LogP contribution in [0, 0.1) is 19.8 Å². The first kappa shape index (κ1) is 12.9. The largest absolute Gasteiger partial charge is 0.399 e. The van der Waals surface area contributed by atoms with Gasteiger partial charge in [0.25, 0.3) is 5.91 Å². The van der Waals surface area contributed by atoms with Crippen molar-refractivity contribution >= 4 is 17.3 Å². The maximum atomic E-state index is 12.1. The second-order valence-corrected chi connectivity index (χ2v) is 5.07. The second-order valence-electron chi connectivity index (χ2n) is 5.07. The number of nitrogens with one attached hydrogen (secondary N) is 1. The lowest BCUT2D eigenvalue weighted by Gasteiger charge is -2.16. The molecule has 0 aromatic heterocycles. The first-order chi connectivity index (χ1) is 8.49. The Kier molecular flexibility index (Phi) is 3.57. The molecule has 0 spiro atoms. The second kappa shape index (κ2) is 4.98. The summed E-state index contributed by atoms with van der Waals surface area (Å²) in [5.41, 5.74) is 9.33. The number of benzene rings is 1. The Bertz CT molecular complexity index is 471. The number of nitrogen functional groups attached to an aromatic ring is 1. The van der Waals surface area contributed by atoms with Gasteiger partial charge in [0, 0.05) is 18.0 Å². The summed E-state index contributed by atoms with van der Waals surface area (Å²) in [5.74, 6) is 0.215. The van der Waals surface area contributed by atoms with Gasteiger partial charge in [-0.2, -0.15) is 0 Å². The van der Waals surface area contributed by atoms with E-state index in [1.165, 1.54) is 0 Å². The molecule has 1 aliphatic heterocycles. The van der Waals surface area contributed by atoms with E-state index in [-0.39, 0.29) is 17.9 Å². The van der Waals surface area contributed by atoms with Crippen molar-refractivity contribution in [2.75, 3.05) is 17.7 Å². The van der Waals surface area contributed by atoms with Crippen molar-refractivity contribution < 1.29 is 9.53 Å². The quantitative estimate of drug-likeness (QED) is 0.789. The van der Waals surface area contributed by atoms with Gasteiger partial charge in [-0.25, -0.2) is 0 Å². The Morgan fingerprint density at radius 2 is 2.11 bits per heavy atom. The van der Waals surface area contributed by atoms with Crippen LogP contribution in [0.2, 0.25) is 0 Å². The summed E-state index contributed by atoms with van der Waals surface area (Å²) in [4.78, 5) is 12.1. The normalized spacial score (nSPS) is 23.1. The highest BCUT2D eigenvalue weighted by Crippen LogP contribution is 2.25. The van der Waals surface area contributed by atoms with E-state index in [1.54, 1.807) is 0 Å². The van der Waals surface area contributed by atoms with Crippen molar-refractivity contribution in [3.05, 3.63) is 23.3 Å². The van der Waals surface area contributed by atoms with Gasteiger partial charge in [0.1, 0.15) is 6.10 Å². The highest BCUT2D eigenvalue weighted by Gasteiger charge is 2.31. The van der Waals surface area contributed by atoms with E-state index in [2.05, 4.69) is 5.32 Å². The standard InChI is InChI=1S/C14H20N2O2/c1-8-4-5-18-13(8)14(17)16-12-7-9(2)11(15)6-10(12)3/h6-8,13H,4-5,15H2,1-3H3,(H,16,17). The fourth-order valence-electron chi connectivity index (χ4n) is 2.21. The maximum Gasteiger partial charge on any atom is 0.253 e. The molecule has 0 aliphatic carbocycles. The Labute approximate surface area is 108 Å². The molecule has 2 atom stereocenters. The number of rotatable bonds is 2. The molecule has 1 aromatic carbocycles. The molecule has 1 saturated heterocycles. The number of anilines is 2. The van der Waals surface area contributed by atoms with Crippen molar-refractivity contribution in [2.24, 2.45) is 5.92 Å². The Morgan fingerprint density at radius 1 is 1.39 bits per heavy atom. The Morgan fingerprint density at radius 3 is 2.72 bits per heavy atom. The molecule has 4 heteroatoms. The van der Waals surface area contributed by atoms with E-state index in [1.807, 2.05) is 32.9 Å². The molecule has 1 heterocycles. The summed E-state index contributed by atoms with van der Waals surface area (Å²) in [7, 11) is 0. The minimum atomic E-state index is -0.331. The van der Waals surface area contributed by atoms with Gasteiger partial charge < -0.3 is 15.8 Å². The molecule has 4 nitrogen and oxygen atoms in total. The summed E-state index contributed by atoms with van der Waals surface area (Å²) in [5, 5.41) is 2.93. The van der Waals surface area contributed by atoms with Crippen LogP contribution in [0.4, 0.5) is 11.4 Å². The summed E-state index contributed by atoms with van der Waals surface area (Å²) in [6.45, 7) is 6.57. The van der Waals surface area contributed by atoms with E-state index in [0.717, 1.165) is 28.9 Å². The van der Waals surface area contributed by atoms with Crippen LogP contribution in [0.15, 0.2) is 12.1 Å². The third-order valence-corrected chi connectivity index (χ3v) is 3.52. The van der Waals surface area contributed by atoms with E-state index < -0.39 is 0 Å². The van der Waals surface area contributed by atoms with Crippen LogP contribution in [0.5, 0.6) is 0 Å². The zero-order chi connectivity index (χ0) is 13.3. The number of aryl methyl sites for hydroxylation is 2. The first-order valence-corrected chi connectivity index (χ1v) is 6.28. The average molecular weight is 248 g/mol. The topological polar surface area (TPSA) is 64.3 Å². The molecular weight excluding hydrogens is 228 g/mol. The summed E-state index contributed by atoms with van der Waals surface area (Å²) in [6.07, 6.45) is 0.611. The van der Waals surface area contributed by atoms with E-state index in [9.17, 15) is 4.79 Å². The smallest absolute Gasteiger partial charge is 0.253 e. The van der Waals surface area contributed by atoms with Crippen LogP contribution < -0.4 is 11.1 Å². The van der Waals surface area contributed by atoms with Gasteiger partial charge in [-0.1, -0.05) is 6.92 Å². The predicted molar refractivity (Wildman–Crippen MR) is 72.5 cm³/mol. The van der Waals surface area contributed by atoms with Crippen molar-refractivity contribution in [1.29, 1.82) is 0 Å². The molecule has 1 amide bonds. The molecule has 3 N–H and O–H groups in total. The molecule has 0 bridgehead atoms. The summed E-state index contributed by atoms with van der Waals surface area (Å²) < 4.78 is 5.46. The number of carbonyl (C=O) groups is 1. The molecule has 2 unspecified atom stereocenters. The Hall–Kier alpha value is -1.55. The lowest BCUT2D eigenvalue weighted by molar-refractivity contribution is -0.126. The molecule has 1 aliphatic rings. The minimum Gasteiger partial charge on any atom is -0.399 e. The summed E-state index contributed by atoms with van der Waals surface area (Å²) >= 11 is 0. The molecule has 2 rings (SSSR count). The van der Waals surface area contributed by atoms with Gasteiger partial charge in [0.15, 0.2) is 0 Å². The average Bonchev–Trinajstić information content (AvgIpc) is 2.72. The van der Waals surface area contributed by atoms with Gasteiger partial charge in [-0.05, 0) is 49.4 Å². The van der Waals surface area contributed by atoms with Crippen LogP contribution >= 0.6 is 0 Å². The van der Waals surface area contributed by atoms with Crippen LogP contribution in [0.3, 0.4) is 0 Å². The van der Waals surface area contributed by atoms with Crippen molar-refractivity contribution in [3.63, 3.8) is 0 Å². The van der Waals surface area contributed by atoms with Crippen LogP contribution in [-0.2, 0) is 9.53 Å². The van der Waals surface area contributed by atoms with Crippen molar-refractivity contribution in [2.45, 2.75) is 33.3 Å². The van der Waals surface area contributed by atoms with Gasteiger partial charge in [-0.3, -0.25) is 4.79 Å². The molecule has 98 valence electrons. The fourth-order valence-corrected chi connectivity index (χ4v) is 2.21. The first-order valence-electron chi connectivity index (χ1n) is 6.28. The third kappa shape index (κ3) is 2.48. The highest BCUT2D eigenvalue weighted by molar-refractivity contribution is 5.95. The van der Waals surface area contributed by atoms with Crippen LogP contribution in [0.1, 0.15) is 24.5 Å². The zero-order valence-electron chi connectivity index (χ0n) is 11.1. The molecule has 18 heavy (non-hydrogen) atoms. The molecular formula is C14H20N2O2. The Balaban J connectivity index is 2.14. The lowest BCUT2D eigenvalue weighted by atomic mass is 10.0.